The Morgan fingerprint density at radius 1 is 1.29 bits per heavy atom. The number of carbonyl (C=O) groups excluding carboxylic acids is 1. The number of hydrogen-bond acceptors (Lipinski definition) is 6. The summed E-state index contributed by atoms with van der Waals surface area (Å²) in [7, 11) is 1.87. The van der Waals surface area contributed by atoms with Crippen LogP contribution >= 0.6 is 11.8 Å². The highest BCUT2D eigenvalue weighted by atomic mass is 32.2. The molecular formula is C20H24N4O3S. The Hall–Kier alpha value is -2.74. The number of hydrogen-bond donors (Lipinski definition) is 1. The van der Waals surface area contributed by atoms with Crippen LogP contribution in [0.3, 0.4) is 0 Å². The Kier molecular flexibility index (Phi) is 6.41. The molecule has 0 aliphatic carbocycles. The van der Waals surface area contributed by atoms with Crippen molar-refractivity contribution in [2.45, 2.75) is 38.6 Å². The standard InChI is InChI=1S/C20H24N4O3S/c1-13-7-8-16(10-14(13)2)27-15(3)19-22-23-20(24(19)4)28-12-18(25)21-11-17-6-5-9-26-17/h5-10,15H,11-12H2,1-4H3,(H,21,25). The highest BCUT2D eigenvalue weighted by molar-refractivity contribution is 7.99. The zero-order valence-corrected chi connectivity index (χ0v) is 17.2. The van der Waals surface area contributed by atoms with Crippen molar-refractivity contribution in [1.82, 2.24) is 20.1 Å². The van der Waals surface area contributed by atoms with Gasteiger partial charge >= 0.3 is 0 Å². The fourth-order valence-electron chi connectivity index (χ4n) is 2.63. The summed E-state index contributed by atoms with van der Waals surface area (Å²) in [6.07, 6.45) is 1.32. The van der Waals surface area contributed by atoms with Gasteiger partial charge in [-0.2, -0.15) is 0 Å². The Balaban J connectivity index is 1.55. The van der Waals surface area contributed by atoms with E-state index in [1.165, 1.54) is 22.9 Å². The lowest BCUT2D eigenvalue weighted by Gasteiger charge is -2.15. The van der Waals surface area contributed by atoms with Crippen LogP contribution in [0.5, 0.6) is 5.75 Å². The predicted octanol–water partition coefficient (Wildman–Crippen LogP) is 3.57. The van der Waals surface area contributed by atoms with E-state index in [1.54, 1.807) is 12.3 Å². The minimum atomic E-state index is -0.262. The predicted molar refractivity (Wildman–Crippen MR) is 107 cm³/mol. The van der Waals surface area contributed by atoms with Gasteiger partial charge in [-0.25, -0.2) is 0 Å². The molecule has 3 aromatic rings. The molecule has 1 aromatic carbocycles. The second kappa shape index (κ2) is 8.97. The second-order valence-corrected chi connectivity index (χ2v) is 7.49. The van der Waals surface area contributed by atoms with E-state index < -0.39 is 0 Å². The van der Waals surface area contributed by atoms with E-state index in [0.717, 1.165) is 11.5 Å². The molecule has 1 amide bonds. The summed E-state index contributed by atoms with van der Waals surface area (Å²) in [5, 5.41) is 11.9. The van der Waals surface area contributed by atoms with Gasteiger partial charge in [0.25, 0.3) is 0 Å². The fourth-order valence-corrected chi connectivity index (χ4v) is 3.38. The normalized spacial score (nSPS) is 12.0. The number of rotatable bonds is 8. The molecule has 1 atom stereocenters. The molecule has 0 radical (unpaired) electrons. The van der Waals surface area contributed by atoms with Gasteiger partial charge in [-0.1, -0.05) is 17.8 Å². The molecular weight excluding hydrogens is 376 g/mol. The number of thioether (sulfide) groups is 1. The molecule has 0 bridgehead atoms. The van der Waals surface area contributed by atoms with Gasteiger partial charge in [0.15, 0.2) is 17.1 Å². The first-order valence-electron chi connectivity index (χ1n) is 8.99. The van der Waals surface area contributed by atoms with Crippen LogP contribution in [0.25, 0.3) is 0 Å². The van der Waals surface area contributed by atoms with Crippen molar-refractivity contribution in [1.29, 1.82) is 0 Å². The lowest BCUT2D eigenvalue weighted by molar-refractivity contribution is -0.118. The quantitative estimate of drug-likeness (QED) is 0.582. The smallest absolute Gasteiger partial charge is 0.230 e. The molecule has 1 unspecified atom stereocenters. The van der Waals surface area contributed by atoms with Crippen LogP contribution in [-0.2, 0) is 18.4 Å². The first kappa shape index (κ1) is 20.0. The number of aryl methyl sites for hydroxylation is 2. The van der Waals surface area contributed by atoms with Crippen LogP contribution in [0, 0.1) is 13.8 Å². The average molecular weight is 401 g/mol. The van der Waals surface area contributed by atoms with Gasteiger partial charge in [-0.3, -0.25) is 4.79 Å². The number of nitrogens with one attached hydrogen (secondary N) is 1. The van der Waals surface area contributed by atoms with Gasteiger partial charge in [0, 0.05) is 7.05 Å². The average Bonchev–Trinajstić information content (AvgIpc) is 3.31. The van der Waals surface area contributed by atoms with Gasteiger partial charge in [-0.15, -0.1) is 10.2 Å². The van der Waals surface area contributed by atoms with E-state index in [-0.39, 0.29) is 17.8 Å². The highest BCUT2D eigenvalue weighted by Crippen LogP contribution is 2.25. The number of carbonyl (C=O) groups is 1. The third-order valence-corrected chi connectivity index (χ3v) is 5.42. The Morgan fingerprint density at radius 2 is 2.11 bits per heavy atom. The summed E-state index contributed by atoms with van der Waals surface area (Å²) in [5.41, 5.74) is 2.40. The molecule has 0 saturated heterocycles. The van der Waals surface area contributed by atoms with Crippen molar-refractivity contribution in [3.8, 4) is 5.75 Å². The van der Waals surface area contributed by atoms with Crippen molar-refractivity contribution < 1.29 is 13.9 Å². The molecule has 28 heavy (non-hydrogen) atoms. The maximum absolute atomic E-state index is 12.0. The molecule has 0 aliphatic rings. The van der Waals surface area contributed by atoms with Crippen LogP contribution in [0.4, 0.5) is 0 Å². The van der Waals surface area contributed by atoms with E-state index in [0.29, 0.717) is 17.5 Å². The topological polar surface area (TPSA) is 82.2 Å². The molecule has 1 N–H and O–H groups in total. The molecule has 2 aromatic heterocycles. The summed E-state index contributed by atoms with van der Waals surface area (Å²) in [6, 6.07) is 9.61. The maximum atomic E-state index is 12.0. The fraction of sp³-hybridized carbons (Fsp3) is 0.350. The third-order valence-electron chi connectivity index (χ3n) is 4.40. The minimum Gasteiger partial charge on any atom is -0.483 e. The first-order chi connectivity index (χ1) is 13.4. The lowest BCUT2D eigenvalue weighted by atomic mass is 10.1. The summed E-state index contributed by atoms with van der Waals surface area (Å²) >= 11 is 1.33. The molecule has 0 aliphatic heterocycles. The number of ether oxygens (including phenoxy) is 1. The Morgan fingerprint density at radius 3 is 2.82 bits per heavy atom. The number of aromatic nitrogens is 3. The highest BCUT2D eigenvalue weighted by Gasteiger charge is 2.18. The van der Waals surface area contributed by atoms with E-state index in [1.807, 2.05) is 42.8 Å². The molecule has 0 saturated carbocycles. The van der Waals surface area contributed by atoms with E-state index in [2.05, 4.69) is 29.4 Å². The second-order valence-electron chi connectivity index (χ2n) is 6.55. The van der Waals surface area contributed by atoms with Crippen LogP contribution in [0.2, 0.25) is 0 Å². The van der Waals surface area contributed by atoms with Crippen LogP contribution in [0.15, 0.2) is 46.2 Å². The molecule has 0 fully saturated rings. The Labute approximate surface area is 168 Å². The van der Waals surface area contributed by atoms with Gasteiger partial charge in [0.1, 0.15) is 11.5 Å². The molecule has 0 spiro atoms. The van der Waals surface area contributed by atoms with E-state index >= 15 is 0 Å². The molecule has 7 nitrogen and oxygen atoms in total. The summed E-state index contributed by atoms with van der Waals surface area (Å²) in [4.78, 5) is 12.0. The molecule has 3 rings (SSSR count). The monoisotopic (exact) mass is 400 g/mol. The van der Waals surface area contributed by atoms with Crippen LogP contribution in [0.1, 0.15) is 35.7 Å². The van der Waals surface area contributed by atoms with Crippen molar-refractivity contribution in [3.63, 3.8) is 0 Å². The molecule has 2 heterocycles. The first-order valence-corrected chi connectivity index (χ1v) is 9.97. The zero-order chi connectivity index (χ0) is 20.1. The minimum absolute atomic E-state index is 0.0922. The van der Waals surface area contributed by atoms with Gasteiger partial charge in [0.2, 0.25) is 5.91 Å². The zero-order valence-electron chi connectivity index (χ0n) is 16.4. The SMILES string of the molecule is Cc1ccc(OC(C)c2nnc(SCC(=O)NCc3ccco3)n2C)cc1C. The number of amides is 1. The number of benzene rings is 1. The summed E-state index contributed by atoms with van der Waals surface area (Å²) < 4.78 is 13.1. The van der Waals surface area contributed by atoms with Crippen LogP contribution in [-0.4, -0.2) is 26.4 Å². The van der Waals surface area contributed by atoms with Crippen molar-refractivity contribution in [3.05, 3.63) is 59.3 Å². The number of nitrogens with zero attached hydrogens (tertiary/aromatic N) is 3. The Bertz CT molecular complexity index is 937. The molecule has 8 heteroatoms. The van der Waals surface area contributed by atoms with Gasteiger partial charge in [-0.05, 0) is 56.2 Å². The van der Waals surface area contributed by atoms with E-state index in [9.17, 15) is 4.79 Å². The van der Waals surface area contributed by atoms with Crippen molar-refractivity contribution >= 4 is 17.7 Å². The van der Waals surface area contributed by atoms with Gasteiger partial charge in [0.05, 0.1) is 18.6 Å². The van der Waals surface area contributed by atoms with Crippen molar-refractivity contribution in [2.24, 2.45) is 7.05 Å². The van der Waals surface area contributed by atoms with Crippen LogP contribution < -0.4 is 10.1 Å². The largest absolute Gasteiger partial charge is 0.483 e. The molecule has 148 valence electrons. The maximum Gasteiger partial charge on any atom is 0.230 e. The van der Waals surface area contributed by atoms with Gasteiger partial charge < -0.3 is 19.0 Å². The summed E-state index contributed by atoms with van der Waals surface area (Å²) in [6.45, 7) is 6.43. The van der Waals surface area contributed by atoms with E-state index in [4.69, 9.17) is 9.15 Å². The lowest BCUT2D eigenvalue weighted by Crippen LogP contribution is -2.24. The third kappa shape index (κ3) is 4.95. The number of furan rings is 1. The summed E-state index contributed by atoms with van der Waals surface area (Å²) in [5.74, 6) is 2.38. The van der Waals surface area contributed by atoms with Crippen molar-refractivity contribution in [2.75, 3.05) is 5.75 Å².